The summed E-state index contributed by atoms with van der Waals surface area (Å²) in [6.45, 7) is 6.85. The van der Waals surface area contributed by atoms with E-state index in [9.17, 15) is 8.42 Å². The van der Waals surface area contributed by atoms with Crippen LogP contribution in [0.5, 0.6) is 0 Å². The van der Waals surface area contributed by atoms with Crippen LogP contribution in [0.2, 0.25) is 3.43 Å². The van der Waals surface area contributed by atoms with Gasteiger partial charge in [0.15, 0.2) is 0 Å². The molecule has 0 aliphatic rings. The van der Waals surface area contributed by atoms with Crippen molar-refractivity contribution >= 4 is 31.0 Å². The number of sulfone groups is 1. The van der Waals surface area contributed by atoms with Crippen molar-refractivity contribution in [2.75, 3.05) is 6.26 Å². The summed E-state index contributed by atoms with van der Waals surface area (Å²) in [6.07, 6.45) is 1.24. The molecule has 0 atom stereocenters. The van der Waals surface area contributed by atoms with E-state index in [4.69, 9.17) is 0 Å². The first kappa shape index (κ1) is 14.0. The molecule has 1 rings (SSSR count). The third-order valence-corrected chi connectivity index (χ3v) is 8.00. The zero-order valence-corrected chi connectivity index (χ0v) is 13.9. The molecule has 0 aromatic heterocycles. The first-order valence-corrected chi connectivity index (χ1v) is 10.6. The van der Waals surface area contributed by atoms with Gasteiger partial charge in [-0.25, -0.2) is 0 Å². The van der Waals surface area contributed by atoms with Gasteiger partial charge in [0.2, 0.25) is 0 Å². The summed E-state index contributed by atoms with van der Waals surface area (Å²) < 4.78 is 24.2. The Morgan fingerprint density at radius 3 is 2.00 bits per heavy atom. The molecule has 16 heavy (non-hydrogen) atoms. The van der Waals surface area contributed by atoms with Crippen molar-refractivity contribution < 1.29 is 8.42 Å². The van der Waals surface area contributed by atoms with Crippen LogP contribution in [0.1, 0.15) is 26.3 Å². The van der Waals surface area contributed by atoms with E-state index >= 15 is 0 Å². The van der Waals surface area contributed by atoms with Gasteiger partial charge in [0.1, 0.15) is 0 Å². The van der Waals surface area contributed by atoms with E-state index < -0.39 is 31.0 Å². The van der Waals surface area contributed by atoms with Crippen molar-refractivity contribution in [3.63, 3.8) is 0 Å². The molecule has 0 bridgehead atoms. The van der Waals surface area contributed by atoms with Crippen LogP contribution in [0, 0.1) is 0 Å². The van der Waals surface area contributed by atoms with Crippen molar-refractivity contribution in [1.29, 1.82) is 0 Å². The van der Waals surface area contributed by atoms with Crippen LogP contribution >= 0.6 is 0 Å². The molecule has 0 saturated heterocycles. The van der Waals surface area contributed by atoms with Crippen LogP contribution < -0.4 is 0 Å². The topological polar surface area (TPSA) is 34.1 Å². The Bertz CT molecular complexity index is 441. The molecule has 2 nitrogen and oxygen atoms in total. The fraction of sp³-hybridized carbons (Fsp3) is 0.500. The Morgan fingerprint density at radius 1 is 1.12 bits per heavy atom. The van der Waals surface area contributed by atoms with E-state index in [0.717, 1.165) is 4.44 Å². The zero-order chi connectivity index (χ0) is 12.4. The molecule has 0 spiro atoms. The second-order valence-electron chi connectivity index (χ2n) is 5.02. The number of hydrogen-bond acceptors (Lipinski definition) is 2. The van der Waals surface area contributed by atoms with Gasteiger partial charge in [-0.2, -0.15) is 0 Å². The standard InChI is InChI=1S/C8H9O2S.C4H9.Sn/c1-7-3-5-8(6-4-7)11(2,9)10;1-4(2)3;/h3-6H,1H2,2H3;1-3H3;. The van der Waals surface area contributed by atoms with E-state index in [2.05, 4.69) is 20.8 Å². The van der Waals surface area contributed by atoms with Gasteiger partial charge >= 0.3 is 109 Å². The summed E-state index contributed by atoms with van der Waals surface area (Å²) >= 11 is -0.424. The van der Waals surface area contributed by atoms with Crippen molar-refractivity contribution in [3.8, 4) is 0 Å². The van der Waals surface area contributed by atoms with Gasteiger partial charge in [0, 0.05) is 0 Å². The Morgan fingerprint density at radius 2 is 1.62 bits per heavy atom. The Labute approximate surface area is 109 Å². The van der Waals surface area contributed by atoms with Crippen molar-refractivity contribution in [1.82, 2.24) is 0 Å². The van der Waals surface area contributed by atoms with Crippen LogP contribution in [0.4, 0.5) is 0 Å². The summed E-state index contributed by atoms with van der Waals surface area (Å²) in [5.74, 6) is 0. The molecule has 2 radical (unpaired) electrons. The summed E-state index contributed by atoms with van der Waals surface area (Å²) in [5, 5.41) is 0. The molecule has 0 heterocycles. The average Bonchev–Trinajstić information content (AvgIpc) is 2.13. The van der Waals surface area contributed by atoms with Crippen molar-refractivity contribution in [3.05, 3.63) is 29.8 Å². The quantitative estimate of drug-likeness (QED) is 0.789. The Kier molecular flexibility index (Phi) is 4.46. The maximum atomic E-state index is 11.3. The molecule has 0 amide bonds. The van der Waals surface area contributed by atoms with Gasteiger partial charge in [-0.15, -0.1) is 0 Å². The third-order valence-electron chi connectivity index (χ3n) is 2.17. The monoisotopic (exact) mass is 346 g/mol. The van der Waals surface area contributed by atoms with Gasteiger partial charge in [0.25, 0.3) is 0 Å². The van der Waals surface area contributed by atoms with Crippen LogP contribution in [0.3, 0.4) is 0 Å². The molecule has 0 unspecified atom stereocenters. The second-order valence-corrected chi connectivity index (χ2v) is 13.3. The molecule has 1 aromatic rings. The predicted molar refractivity (Wildman–Crippen MR) is 68.7 cm³/mol. The van der Waals surface area contributed by atoms with Crippen LogP contribution in [-0.4, -0.2) is 35.8 Å². The van der Waals surface area contributed by atoms with Crippen molar-refractivity contribution in [2.45, 2.75) is 33.5 Å². The number of hydrogen-bond donors (Lipinski definition) is 0. The minimum atomic E-state index is -3.05. The Hall–Kier alpha value is -0.0313. The third kappa shape index (κ3) is 4.87. The summed E-state index contributed by atoms with van der Waals surface area (Å²) in [4.78, 5) is 0.414. The molecular formula is C12H18O2SSn. The van der Waals surface area contributed by atoms with Crippen LogP contribution in [-0.2, 0) is 14.3 Å². The first-order chi connectivity index (χ1) is 7.18. The van der Waals surface area contributed by atoms with E-state index in [1.807, 2.05) is 12.1 Å². The van der Waals surface area contributed by atoms with Crippen LogP contribution in [0.25, 0.3) is 0 Å². The molecule has 1 aromatic carbocycles. The van der Waals surface area contributed by atoms with Gasteiger partial charge in [-0.1, -0.05) is 0 Å². The molecule has 0 aliphatic carbocycles. The first-order valence-electron chi connectivity index (χ1n) is 5.22. The van der Waals surface area contributed by atoms with Gasteiger partial charge in [0.05, 0.1) is 0 Å². The molecule has 4 heteroatoms. The summed E-state index contributed by atoms with van der Waals surface area (Å²) in [7, 11) is -3.05. The Balaban J connectivity index is 2.73. The number of rotatable bonds is 3. The zero-order valence-electron chi connectivity index (χ0n) is 10.2. The van der Waals surface area contributed by atoms with E-state index in [-0.39, 0.29) is 0 Å². The van der Waals surface area contributed by atoms with Crippen LogP contribution in [0.15, 0.2) is 29.2 Å². The predicted octanol–water partition coefficient (Wildman–Crippen LogP) is 2.51. The molecule has 88 valence electrons. The molecule has 0 saturated carbocycles. The molecule has 0 fully saturated rings. The molecular weight excluding hydrogens is 327 g/mol. The number of benzene rings is 1. The fourth-order valence-corrected chi connectivity index (χ4v) is 4.62. The second kappa shape index (κ2) is 5.08. The maximum absolute atomic E-state index is 11.3. The minimum absolute atomic E-state index is 0.414. The van der Waals surface area contributed by atoms with E-state index in [1.165, 1.54) is 11.8 Å². The summed E-state index contributed by atoms with van der Waals surface area (Å²) in [6, 6.07) is 7.32. The average molecular weight is 345 g/mol. The SMILES string of the molecule is C[C](C)(C)[Sn][CH2]c1ccc(S(C)(=O)=O)cc1. The fourth-order valence-electron chi connectivity index (χ4n) is 1.22. The van der Waals surface area contributed by atoms with E-state index in [1.54, 1.807) is 12.1 Å². The van der Waals surface area contributed by atoms with Gasteiger partial charge in [-0.3, -0.25) is 0 Å². The molecule has 0 aliphatic heterocycles. The normalized spacial score (nSPS) is 12.8. The summed E-state index contributed by atoms with van der Waals surface area (Å²) in [5.41, 5.74) is 1.27. The van der Waals surface area contributed by atoms with Gasteiger partial charge in [-0.05, 0) is 0 Å². The van der Waals surface area contributed by atoms with E-state index in [0.29, 0.717) is 8.33 Å². The van der Waals surface area contributed by atoms with Gasteiger partial charge < -0.3 is 0 Å². The van der Waals surface area contributed by atoms with Crippen molar-refractivity contribution in [2.24, 2.45) is 0 Å². The molecule has 0 N–H and O–H groups in total.